The summed E-state index contributed by atoms with van der Waals surface area (Å²) in [6, 6.07) is 4.81. The molecule has 1 aliphatic rings. The van der Waals surface area contributed by atoms with Gasteiger partial charge in [-0.1, -0.05) is 6.07 Å². The Balaban J connectivity index is 1.46. The molecule has 2 aromatic heterocycles. The average Bonchev–Trinajstić information content (AvgIpc) is 3.42. The number of aryl methyl sites for hydroxylation is 2. The number of carbonyl (C=O) groups excluding carboxylic acids is 1. The molecular weight excluding hydrogens is 403 g/mol. The Labute approximate surface area is 177 Å². The van der Waals surface area contributed by atoms with Crippen molar-refractivity contribution in [3.05, 3.63) is 51.2 Å². The van der Waals surface area contributed by atoms with E-state index >= 15 is 0 Å². The van der Waals surface area contributed by atoms with Crippen LogP contribution in [0.25, 0.3) is 11.2 Å². The van der Waals surface area contributed by atoms with Crippen LogP contribution in [0.15, 0.2) is 34.1 Å². The zero-order valence-corrected chi connectivity index (χ0v) is 17.6. The van der Waals surface area contributed by atoms with E-state index < -0.39 is 17.1 Å². The van der Waals surface area contributed by atoms with Gasteiger partial charge in [0, 0.05) is 40.2 Å². The number of carbonyl (C=O) groups is 1. The number of amides is 1. The Morgan fingerprint density at radius 2 is 1.90 bits per heavy atom. The lowest BCUT2D eigenvalue weighted by Gasteiger charge is -2.22. The van der Waals surface area contributed by atoms with Crippen molar-refractivity contribution in [1.82, 2.24) is 18.7 Å². The number of nitrogens with one attached hydrogen (secondary N) is 1. The highest BCUT2D eigenvalue weighted by Crippen LogP contribution is 2.31. The smallest absolute Gasteiger partial charge is 0.332 e. The summed E-state index contributed by atoms with van der Waals surface area (Å²) in [6.07, 6.45) is 4.17. The average molecular weight is 428 g/mol. The van der Waals surface area contributed by atoms with Crippen LogP contribution in [0.5, 0.6) is 0 Å². The second-order valence-corrected chi connectivity index (χ2v) is 7.80. The molecule has 31 heavy (non-hydrogen) atoms. The molecule has 1 amide bonds. The second-order valence-electron chi connectivity index (χ2n) is 7.80. The summed E-state index contributed by atoms with van der Waals surface area (Å²) in [6.45, 7) is 2.06. The SMILES string of the molecule is Cn1c(=O)c2c(ncn2CCCC(=O)Nc2c(F)cccc2N2CCCC2)n(C)c1=O. The first-order chi connectivity index (χ1) is 14.9. The highest BCUT2D eigenvalue weighted by Gasteiger charge is 2.20. The number of halogens is 1. The molecule has 1 aromatic carbocycles. The fraction of sp³-hybridized carbons (Fsp3) is 0.429. The van der Waals surface area contributed by atoms with Gasteiger partial charge in [-0.3, -0.25) is 18.7 Å². The van der Waals surface area contributed by atoms with Gasteiger partial charge in [-0.15, -0.1) is 0 Å². The molecule has 3 aromatic rings. The molecule has 0 atom stereocenters. The van der Waals surface area contributed by atoms with Crippen molar-refractivity contribution < 1.29 is 9.18 Å². The van der Waals surface area contributed by atoms with Gasteiger partial charge in [0.1, 0.15) is 11.5 Å². The summed E-state index contributed by atoms with van der Waals surface area (Å²) < 4.78 is 18.4. The highest BCUT2D eigenvalue weighted by atomic mass is 19.1. The van der Waals surface area contributed by atoms with Crippen molar-refractivity contribution >= 4 is 28.4 Å². The van der Waals surface area contributed by atoms with Gasteiger partial charge in [0.15, 0.2) is 11.2 Å². The lowest BCUT2D eigenvalue weighted by Crippen LogP contribution is -2.37. The molecule has 0 saturated carbocycles. The minimum absolute atomic E-state index is 0.152. The molecular formula is C21H25FN6O3. The Morgan fingerprint density at radius 1 is 1.16 bits per heavy atom. The second kappa shape index (κ2) is 8.37. The van der Waals surface area contributed by atoms with E-state index in [0.29, 0.717) is 29.8 Å². The van der Waals surface area contributed by atoms with Crippen molar-refractivity contribution in [3.8, 4) is 0 Å². The number of nitrogens with zero attached hydrogens (tertiary/aromatic N) is 5. The molecule has 0 spiro atoms. The molecule has 1 saturated heterocycles. The largest absolute Gasteiger partial charge is 0.370 e. The zero-order chi connectivity index (χ0) is 22.1. The third-order valence-corrected chi connectivity index (χ3v) is 5.72. The van der Waals surface area contributed by atoms with Crippen LogP contribution in [0, 0.1) is 5.82 Å². The highest BCUT2D eigenvalue weighted by molar-refractivity contribution is 5.94. The maximum Gasteiger partial charge on any atom is 0.332 e. The van der Waals surface area contributed by atoms with Gasteiger partial charge in [-0.05, 0) is 31.4 Å². The van der Waals surface area contributed by atoms with E-state index in [2.05, 4.69) is 15.2 Å². The molecule has 0 bridgehead atoms. The minimum Gasteiger partial charge on any atom is -0.370 e. The van der Waals surface area contributed by atoms with Crippen molar-refractivity contribution in [2.24, 2.45) is 14.1 Å². The van der Waals surface area contributed by atoms with E-state index in [9.17, 15) is 18.8 Å². The topological polar surface area (TPSA) is 94.2 Å². The maximum atomic E-state index is 14.4. The van der Waals surface area contributed by atoms with E-state index in [1.807, 2.05) is 6.07 Å². The summed E-state index contributed by atoms with van der Waals surface area (Å²) in [5, 5.41) is 2.72. The van der Waals surface area contributed by atoms with Crippen LogP contribution in [0.4, 0.5) is 15.8 Å². The molecule has 1 aliphatic heterocycles. The summed E-state index contributed by atoms with van der Waals surface area (Å²) in [7, 11) is 2.97. The summed E-state index contributed by atoms with van der Waals surface area (Å²) >= 11 is 0. The molecule has 0 radical (unpaired) electrons. The van der Waals surface area contributed by atoms with Crippen molar-refractivity contribution in [1.29, 1.82) is 0 Å². The molecule has 10 heteroatoms. The van der Waals surface area contributed by atoms with Crippen molar-refractivity contribution in [2.75, 3.05) is 23.3 Å². The number of hydrogen-bond donors (Lipinski definition) is 1. The van der Waals surface area contributed by atoms with Gasteiger partial charge < -0.3 is 14.8 Å². The lowest BCUT2D eigenvalue weighted by molar-refractivity contribution is -0.116. The number of benzene rings is 1. The number of fused-ring (bicyclic) bond motifs is 1. The Morgan fingerprint density at radius 3 is 2.65 bits per heavy atom. The quantitative estimate of drug-likeness (QED) is 0.644. The minimum atomic E-state index is -0.456. The van der Waals surface area contributed by atoms with Crippen LogP contribution in [0.2, 0.25) is 0 Å². The number of para-hydroxylation sites is 1. The molecule has 1 N–H and O–H groups in total. The number of hydrogen-bond acceptors (Lipinski definition) is 5. The van der Waals surface area contributed by atoms with Gasteiger partial charge in [-0.25, -0.2) is 14.2 Å². The third-order valence-electron chi connectivity index (χ3n) is 5.72. The molecule has 9 nitrogen and oxygen atoms in total. The van der Waals surface area contributed by atoms with Gasteiger partial charge in [0.2, 0.25) is 5.91 Å². The van der Waals surface area contributed by atoms with Crippen LogP contribution in [0.1, 0.15) is 25.7 Å². The van der Waals surface area contributed by atoms with Crippen molar-refractivity contribution in [2.45, 2.75) is 32.2 Å². The van der Waals surface area contributed by atoms with Crippen LogP contribution in [-0.2, 0) is 25.4 Å². The molecule has 4 rings (SSSR count). The summed E-state index contributed by atoms with van der Waals surface area (Å²) in [4.78, 5) is 43.3. The van der Waals surface area contributed by atoms with Crippen LogP contribution < -0.4 is 21.5 Å². The molecule has 164 valence electrons. The predicted octanol–water partition coefficient (Wildman–Crippen LogP) is 1.59. The number of aromatic nitrogens is 4. The van der Waals surface area contributed by atoms with Gasteiger partial charge in [-0.2, -0.15) is 0 Å². The summed E-state index contributed by atoms with van der Waals surface area (Å²) in [5.74, 6) is -0.752. The standard InChI is InChI=1S/C21H25FN6O3/c1-25-19-18(20(30)26(2)21(25)31)28(13-23-19)12-6-9-16(29)24-17-14(22)7-5-8-15(17)27-10-3-4-11-27/h5,7-8,13H,3-4,6,9-12H2,1-2H3,(H,24,29). The lowest BCUT2D eigenvalue weighted by atomic mass is 10.2. The Hall–Kier alpha value is -3.43. The fourth-order valence-corrected chi connectivity index (χ4v) is 4.04. The van der Waals surface area contributed by atoms with E-state index in [0.717, 1.165) is 30.5 Å². The Kier molecular flexibility index (Phi) is 5.62. The fourth-order valence-electron chi connectivity index (χ4n) is 4.04. The maximum absolute atomic E-state index is 14.4. The molecule has 1 fully saturated rings. The van der Waals surface area contributed by atoms with E-state index in [1.54, 1.807) is 17.7 Å². The monoisotopic (exact) mass is 428 g/mol. The molecule has 3 heterocycles. The first-order valence-electron chi connectivity index (χ1n) is 10.3. The first kappa shape index (κ1) is 20.8. The zero-order valence-electron chi connectivity index (χ0n) is 17.6. The first-order valence-corrected chi connectivity index (χ1v) is 10.3. The van der Waals surface area contributed by atoms with Crippen molar-refractivity contribution in [3.63, 3.8) is 0 Å². The third kappa shape index (κ3) is 3.85. The number of imidazole rings is 1. The van der Waals surface area contributed by atoms with Crippen LogP contribution >= 0.6 is 0 Å². The molecule has 0 unspecified atom stereocenters. The number of anilines is 2. The van der Waals surface area contributed by atoms with E-state index in [-0.39, 0.29) is 18.0 Å². The number of rotatable bonds is 6. The normalized spacial score (nSPS) is 13.8. The summed E-state index contributed by atoms with van der Waals surface area (Å²) in [5.41, 5.74) is 0.666. The van der Waals surface area contributed by atoms with Gasteiger partial charge in [0.25, 0.3) is 5.56 Å². The van der Waals surface area contributed by atoms with E-state index in [1.165, 1.54) is 24.0 Å². The van der Waals surface area contributed by atoms with Gasteiger partial charge in [0.05, 0.1) is 12.0 Å². The van der Waals surface area contributed by atoms with E-state index in [4.69, 9.17) is 0 Å². The van der Waals surface area contributed by atoms with Crippen LogP contribution in [-0.4, -0.2) is 37.7 Å². The predicted molar refractivity (Wildman–Crippen MR) is 116 cm³/mol. The molecule has 0 aliphatic carbocycles. The van der Waals surface area contributed by atoms with Gasteiger partial charge >= 0.3 is 5.69 Å². The van der Waals surface area contributed by atoms with Crippen LogP contribution in [0.3, 0.4) is 0 Å². The Bertz CT molecular complexity index is 1250.